The summed E-state index contributed by atoms with van der Waals surface area (Å²) in [5.74, 6) is 1.01. The van der Waals surface area contributed by atoms with Crippen molar-refractivity contribution in [2.45, 2.75) is 58.0 Å². The first-order chi connectivity index (χ1) is 9.71. The number of hydrogen-bond donors (Lipinski definition) is 2. The summed E-state index contributed by atoms with van der Waals surface area (Å²) in [7, 11) is 0. The molecule has 3 heteroatoms. The molecule has 0 bridgehead atoms. The lowest BCUT2D eigenvalue weighted by molar-refractivity contribution is -0.121. The number of rotatable bonds is 5. The molecule has 110 valence electrons. The average Bonchev–Trinajstić information content (AvgIpc) is 2.49. The highest BCUT2D eigenvalue weighted by Gasteiger charge is 2.21. The van der Waals surface area contributed by atoms with Crippen molar-refractivity contribution in [1.29, 1.82) is 0 Å². The number of benzene rings is 1. The second kappa shape index (κ2) is 7.44. The number of carbonyl (C=O) groups is 1. The minimum atomic E-state index is 0.144. The summed E-state index contributed by atoms with van der Waals surface area (Å²) >= 11 is 0. The van der Waals surface area contributed by atoms with Gasteiger partial charge >= 0.3 is 0 Å². The van der Waals surface area contributed by atoms with Crippen LogP contribution in [0.2, 0.25) is 0 Å². The molecule has 0 saturated heterocycles. The quantitative estimate of drug-likeness (QED) is 0.867. The predicted molar refractivity (Wildman–Crippen MR) is 82.2 cm³/mol. The Bertz CT molecular complexity index is 419. The van der Waals surface area contributed by atoms with Crippen LogP contribution in [0.3, 0.4) is 0 Å². The van der Waals surface area contributed by atoms with E-state index < -0.39 is 0 Å². The number of nitrogens with two attached hydrogens (primary N) is 1. The van der Waals surface area contributed by atoms with E-state index >= 15 is 0 Å². The summed E-state index contributed by atoms with van der Waals surface area (Å²) in [6.45, 7) is 2.81. The lowest BCUT2D eigenvalue weighted by atomic mass is 9.84. The van der Waals surface area contributed by atoms with Gasteiger partial charge in [-0.15, -0.1) is 0 Å². The summed E-state index contributed by atoms with van der Waals surface area (Å²) in [6, 6.07) is 8.36. The highest BCUT2D eigenvalue weighted by molar-refractivity contribution is 5.78. The molecule has 20 heavy (non-hydrogen) atoms. The third kappa shape index (κ3) is 4.34. The number of nitrogens with one attached hydrogen (secondary N) is 1. The van der Waals surface area contributed by atoms with Gasteiger partial charge in [0, 0.05) is 12.6 Å². The van der Waals surface area contributed by atoms with Gasteiger partial charge in [-0.2, -0.15) is 0 Å². The molecule has 3 N–H and O–H groups in total. The molecular weight excluding hydrogens is 248 g/mol. The predicted octanol–water partition coefficient (Wildman–Crippen LogP) is 2.77. The van der Waals surface area contributed by atoms with Crippen LogP contribution < -0.4 is 11.1 Å². The van der Waals surface area contributed by atoms with E-state index in [0.29, 0.717) is 19.0 Å². The van der Waals surface area contributed by atoms with Crippen molar-refractivity contribution in [2.75, 3.05) is 0 Å². The van der Waals surface area contributed by atoms with Gasteiger partial charge in [0.05, 0.1) is 6.42 Å². The first-order valence-electron chi connectivity index (χ1n) is 7.78. The number of amides is 1. The van der Waals surface area contributed by atoms with E-state index in [9.17, 15) is 4.79 Å². The van der Waals surface area contributed by atoms with Crippen LogP contribution in [0.1, 0.15) is 50.2 Å². The van der Waals surface area contributed by atoms with Crippen molar-refractivity contribution < 1.29 is 4.79 Å². The highest BCUT2D eigenvalue weighted by atomic mass is 16.1. The fourth-order valence-corrected chi connectivity index (χ4v) is 2.97. The molecule has 1 amide bonds. The molecule has 2 rings (SSSR count). The monoisotopic (exact) mass is 274 g/mol. The van der Waals surface area contributed by atoms with Gasteiger partial charge in [-0.25, -0.2) is 0 Å². The third-order valence-corrected chi connectivity index (χ3v) is 4.41. The normalized spacial score (nSPS) is 22.5. The van der Waals surface area contributed by atoms with E-state index in [1.807, 2.05) is 24.3 Å². The van der Waals surface area contributed by atoms with Crippen LogP contribution >= 0.6 is 0 Å². The van der Waals surface area contributed by atoms with E-state index in [2.05, 4.69) is 12.2 Å². The lowest BCUT2D eigenvalue weighted by Crippen LogP contribution is -2.38. The van der Waals surface area contributed by atoms with E-state index in [1.165, 1.54) is 19.3 Å². The number of carbonyl (C=O) groups excluding carboxylic acids is 1. The van der Waals surface area contributed by atoms with Crippen LogP contribution in [0.5, 0.6) is 0 Å². The van der Waals surface area contributed by atoms with Gasteiger partial charge in [0.1, 0.15) is 0 Å². The zero-order chi connectivity index (χ0) is 14.4. The first kappa shape index (κ1) is 15.0. The van der Waals surface area contributed by atoms with Gasteiger partial charge in [0.25, 0.3) is 0 Å². The van der Waals surface area contributed by atoms with Gasteiger partial charge in [-0.3, -0.25) is 4.79 Å². The highest BCUT2D eigenvalue weighted by Crippen LogP contribution is 2.26. The second-order valence-corrected chi connectivity index (χ2v) is 5.89. The molecule has 0 aliphatic heterocycles. The van der Waals surface area contributed by atoms with Gasteiger partial charge in [-0.1, -0.05) is 37.6 Å². The van der Waals surface area contributed by atoms with Crippen LogP contribution in [0.4, 0.5) is 0 Å². The standard InChI is InChI=1S/C17H26N2O/c1-2-13-7-9-16(10-8-13)19-17(20)11-14-3-5-15(12-18)6-4-14/h3-6,13,16H,2,7-12,18H2,1H3,(H,19,20). The zero-order valence-electron chi connectivity index (χ0n) is 12.4. The van der Waals surface area contributed by atoms with Crippen LogP contribution in [0.15, 0.2) is 24.3 Å². The van der Waals surface area contributed by atoms with E-state index in [1.54, 1.807) is 0 Å². The first-order valence-corrected chi connectivity index (χ1v) is 7.78. The van der Waals surface area contributed by atoms with Crippen LogP contribution in [0, 0.1) is 5.92 Å². The largest absolute Gasteiger partial charge is 0.353 e. The topological polar surface area (TPSA) is 55.1 Å². The molecule has 1 fully saturated rings. The van der Waals surface area contributed by atoms with Gasteiger partial charge in [-0.05, 0) is 42.7 Å². The maximum atomic E-state index is 12.1. The Labute approximate surface area is 121 Å². The molecule has 0 radical (unpaired) electrons. The Morgan fingerprint density at radius 1 is 1.15 bits per heavy atom. The second-order valence-electron chi connectivity index (χ2n) is 5.89. The maximum Gasteiger partial charge on any atom is 0.224 e. The minimum Gasteiger partial charge on any atom is -0.353 e. The molecule has 0 unspecified atom stereocenters. The molecule has 0 spiro atoms. The van der Waals surface area contributed by atoms with Crippen molar-refractivity contribution in [1.82, 2.24) is 5.32 Å². The zero-order valence-corrected chi connectivity index (χ0v) is 12.4. The Kier molecular flexibility index (Phi) is 5.60. The minimum absolute atomic E-state index is 0.144. The van der Waals surface area contributed by atoms with Crippen LogP contribution in [-0.4, -0.2) is 11.9 Å². The summed E-state index contributed by atoms with van der Waals surface area (Å²) in [5, 5.41) is 3.18. The maximum absolute atomic E-state index is 12.1. The van der Waals surface area contributed by atoms with Gasteiger partial charge < -0.3 is 11.1 Å². The lowest BCUT2D eigenvalue weighted by Gasteiger charge is -2.28. The Morgan fingerprint density at radius 3 is 2.30 bits per heavy atom. The molecule has 0 aromatic heterocycles. The third-order valence-electron chi connectivity index (χ3n) is 4.41. The SMILES string of the molecule is CCC1CCC(NC(=O)Cc2ccc(CN)cc2)CC1. The smallest absolute Gasteiger partial charge is 0.224 e. The fourth-order valence-electron chi connectivity index (χ4n) is 2.97. The van der Waals surface area contributed by atoms with Crippen molar-refractivity contribution in [3.8, 4) is 0 Å². The summed E-state index contributed by atoms with van der Waals surface area (Å²) < 4.78 is 0. The molecule has 0 atom stereocenters. The van der Waals surface area contributed by atoms with Crippen LogP contribution in [-0.2, 0) is 17.8 Å². The van der Waals surface area contributed by atoms with Crippen molar-refractivity contribution in [3.63, 3.8) is 0 Å². The van der Waals surface area contributed by atoms with Crippen molar-refractivity contribution in [2.24, 2.45) is 11.7 Å². The average molecular weight is 274 g/mol. The van der Waals surface area contributed by atoms with Crippen LogP contribution in [0.25, 0.3) is 0 Å². The molecule has 1 aromatic rings. The molecule has 1 aliphatic carbocycles. The van der Waals surface area contributed by atoms with Gasteiger partial charge in [0.15, 0.2) is 0 Å². The van der Waals surface area contributed by atoms with Gasteiger partial charge in [0.2, 0.25) is 5.91 Å². The Hall–Kier alpha value is -1.35. The fraction of sp³-hybridized carbons (Fsp3) is 0.588. The molecule has 1 aliphatic rings. The Morgan fingerprint density at radius 2 is 1.75 bits per heavy atom. The summed E-state index contributed by atoms with van der Waals surface area (Å²) in [6.07, 6.45) is 6.53. The van der Waals surface area contributed by atoms with E-state index in [-0.39, 0.29) is 5.91 Å². The van der Waals surface area contributed by atoms with Crippen molar-refractivity contribution in [3.05, 3.63) is 35.4 Å². The molecule has 3 nitrogen and oxygen atoms in total. The molecule has 0 heterocycles. The molecular formula is C17H26N2O. The summed E-state index contributed by atoms with van der Waals surface area (Å²) in [4.78, 5) is 12.1. The summed E-state index contributed by atoms with van der Waals surface area (Å²) in [5.41, 5.74) is 7.73. The molecule has 1 aromatic carbocycles. The van der Waals surface area contributed by atoms with E-state index in [0.717, 1.165) is 29.9 Å². The number of hydrogen-bond acceptors (Lipinski definition) is 2. The molecule has 1 saturated carbocycles. The van der Waals surface area contributed by atoms with E-state index in [4.69, 9.17) is 5.73 Å². The Balaban J connectivity index is 1.77. The van der Waals surface area contributed by atoms with Crippen molar-refractivity contribution >= 4 is 5.91 Å².